The standard InChI is InChI=1S/C20H21ClFNO4/c1-2-26-17-5-3-4-6-18(17)27-14-9-10-23(12-14)19(20(24)25)15-8-7-13(22)11-16(15)21/h3-8,11,14,19H,2,9-10,12H2,1H3,(H,24,25). The average Bonchev–Trinajstić information content (AvgIpc) is 3.07. The summed E-state index contributed by atoms with van der Waals surface area (Å²) in [6, 6.07) is 10.2. The molecule has 0 aliphatic carbocycles. The molecule has 1 aliphatic heterocycles. The Morgan fingerprint density at radius 3 is 2.74 bits per heavy atom. The zero-order valence-electron chi connectivity index (χ0n) is 14.9. The summed E-state index contributed by atoms with van der Waals surface area (Å²) in [7, 11) is 0. The van der Waals surface area contributed by atoms with Gasteiger partial charge in [-0.05, 0) is 43.2 Å². The molecule has 1 fully saturated rings. The molecule has 1 N–H and O–H groups in total. The van der Waals surface area contributed by atoms with Crippen LogP contribution < -0.4 is 9.47 Å². The largest absolute Gasteiger partial charge is 0.490 e. The fourth-order valence-corrected chi connectivity index (χ4v) is 3.57. The molecule has 1 saturated heterocycles. The van der Waals surface area contributed by atoms with Gasteiger partial charge in [0, 0.05) is 18.1 Å². The SMILES string of the molecule is CCOc1ccccc1OC1CCN(C(C(=O)O)c2ccc(F)cc2Cl)C1. The number of ether oxygens (including phenoxy) is 2. The maximum atomic E-state index is 13.3. The average molecular weight is 394 g/mol. The van der Waals surface area contributed by atoms with Crippen LogP contribution in [0.3, 0.4) is 0 Å². The Morgan fingerprint density at radius 2 is 2.07 bits per heavy atom. The van der Waals surface area contributed by atoms with Crippen LogP contribution in [-0.4, -0.2) is 41.8 Å². The molecule has 144 valence electrons. The number of rotatable bonds is 7. The van der Waals surface area contributed by atoms with Crippen molar-refractivity contribution >= 4 is 17.6 Å². The molecule has 0 aromatic heterocycles. The predicted molar refractivity (Wildman–Crippen MR) is 100 cm³/mol. The molecule has 2 unspecified atom stereocenters. The summed E-state index contributed by atoms with van der Waals surface area (Å²) in [5, 5.41) is 9.82. The van der Waals surface area contributed by atoms with Crippen molar-refractivity contribution in [3.8, 4) is 11.5 Å². The molecule has 0 amide bonds. The van der Waals surface area contributed by atoms with Crippen LogP contribution in [-0.2, 0) is 4.79 Å². The molecule has 3 rings (SSSR count). The minimum absolute atomic E-state index is 0.105. The summed E-state index contributed by atoms with van der Waals surface area (Å²) < 4.78 is 24.9. The first-order valence-electron chi connectivity index (χ1n) is 8.80. The van der Waals surface area contributed by atoms with Crippen LogP contribution in [0.15, 0.2) is 42.5 Å². The zero-order valence-corrected chi connectivity index (χ0v) is 15.7. The summed E-state index contributed by atoms with van der Waals surface area (Å²) in [5.74, 6) is -0.227. The highest BCUT2D eigenvalue weighted by molar-refractivity contribution is 6.31. The van der Waals surface area contributed by atoms with E-state index in [9.17, 15) is 14.3 Å². The normalized spacial score (nSPS) is 18.3. The smallest absolute Gasteiger partial charge is 0.325 e. The molecule has 0 radical (unpaired) electrons. The van der Waals surface area contributed by atoms with Gasteiger partial charge < -0.3 is 14.6 Å². The van der Waals surface area contributed by atoms with Crippen LogP contribution >= 0.6 is 11.6 Å². The molecule has 0 saturated carbocycles. The van der Waals surface area contributed by atoms with Gasteiger partial charge in [0.2, 0.25) is 0 Å². The quantitative estimate of drug-likeness (QED) is 0.765. The van der Waals surface area contributed by atoms with Gasteiger partial charge >= 0.3 is 5.97 Å². The topological polar surface area (TPSA) is 59.0 Å². The number of carboxylic acid groups (broad SMARTS) is 1. The molecule has 2 aromatic rings. The molecular weight excluding hydrogens is 373 g/mol. The van der Waals surface area contributed by atoms with E-state index in [4.69, 9.17) is 21.1 Å². The number of para-hydroxylation sites is 2. The summed E-state index contributed by atoms with van der Waals surface area (Å²) in [4.78, 5) is 13.7. The van der Waals surface area contributed by atoms with Gasteiger partial charge in [0.1, 0.15) is 18.0 Å². The van der Waals surface area contributed by atoms with E-state index < -0.39 is 17.8 Å². The van der Waals surface area contributed by atoms with Crippen molar-refractivity contribution in [2.75, 3.05) is 19.7 Å². The first-order valence-corrected chi connectivity index (χ1v) is 9.17. The second-order valence-electron chi connectivity index (χ2n) is 6.31. The van der Waals surface area contributed by atoms with Gasteiger partial charge in [0.25, 0.3) is 0 Å². The lowest BCUT2D eigenvalue weighted by Crippen LogP contribution is -2.34. The number of halogens is 2. The van der Waals surface area contributed by atoms with E-state index in [1.165, 1.54) is 12.1 Å². The predicted octanol–water partition coefficient (Wildman–Crippen LogP) is 4.16. The lowest BCUT2D eigenvalue weighted by molar-refractivity contribution is -0.143. The van der Waals surface area contributed by atoms with Crippen molar-refractivity contribution in [1.82, 2.24) is 4.90 Å². The van der Waals surface area contributed by atoms with Crippen molar-refractivity contribution in [2.45, 2.75) is 25.5 Å². The monoisotopic (exact) mass is 393 g/mol. The molecule has 0 bridgehead atoms. The van der Waals surface area contributed by atoms with E-state index in [0.717, 1.165) is 6.07 Å². The second-order valence-corrected chi connectivity index (χ2v) is 6.72. The highest BCUT2D eigenvalue weighted by Crippen LogP contribution is 2.34. The number of aliphatic carboxylic acids is 1. The molecule has 2 atom stereocenters. The number of hydrogen-bond donors (Lipinski definition) is 1. The third-order valence-electron chi connectivity index (χ3n) is 4.48. The van der Waals surface area contributed by atoms with Crippen molar-refractivity contribution in [1.29, 1.82) is 0 Å². The summed E-state index contributed by atoms with van der Waals surface area (Å²) >= 11 is 6.09. The van der Waals surface area contributed by atoms with Crippen LogP contribution in [0.4, 0.5) is 4.39 Å². The first kappa shape index (κ1) is 19.5. The maximum absolute atomic E-state index is 13.3. The Bertz CT molecular complexity index is 816. The first-order chi connectivity index (χ1) is 13.0. The van der Waals surface area contributed by atoms with Crippen molar-refractivity contribution in [3.05, 3.63) is 58.9 Å². The van der Waals surface area contributed by atoms with Crippen LogP contribution in [0.25, 0.3) is 0 Å². The third kappa shape index (κ3) is 4.51. The van der Waals surface area contributed by atoms with Gasteiger partial charge in [-0.2, -0.15) is 0 Å². The molecule has 7 heteroatoms. The highest BCUT2D eigenvalue weighted by atomic mass is 35.5. The van der Waals surface area contributed by atoms with Gasteiger partial charge in [-0.25, -0.2) is 4.39 Å². The molecule has 0 spiro atoms. The highest BCUT2D eigenvalue weighted by Gasteiger charge is 2.35. The third-order valence-corrected chi connectivity index (χ3v) is 4.80. The number of carbonyl (C=O) groups is 1. The lowest BCUT2D eigenvalue weighted by atomic mass is 10.1. The Morgan fingerprint density at radius 1 is 1.33 bits per heavy atom. The molecule has 5 nitrogen and oxygen atoms in total. The minimum atomic E-state index is -1.03. The fraction of sp³-hybridized carbons (Fsp3) is 0.350. The number of likely N-dealkylation sites (tertiary alicyclic amines) is 1. The molecule has 1 heterocycles. The number of benzene rings is 2. The summed E-state index contributed by atoms with van der Waals surface area (Å²) in [6.07, 6.45) is 0.496. The van der Waals surface area contributed by atoms with Gasteiger partial charge in [-0.15, -0.1) is 0 Å². The maximum Gasteiger partial charge on any atom is 0.325 e. The van der Waals surface area contributed by atoms with Gasteiger partial charge in [0.05, 0.1) is 6.61 Å². The zero-order chi connectivity index (χ0) is 19.4. The number of nitrogens with zero attached hydrogens (tertiary/aromatic N) is 1. The molecule has 1 aliphatic rings. The Hall–Kier alpha value is -2.31. The molecule has 2 aromatic carbocycles. The number of carboxylic acids is 1. The van der Waals surface area contributed by atoms with Gasteiger partial charge in [-0.1, -0.05) is 29.8 Å². The van der Waals surface area contributed by atoms with E-state index in [1.807, 2.05) is 31.2 Å². The van der Waals surface area contributed by atoms with Crippen molar-refractivity contribution in [3.63, 3.8) is 0 Å². The van der Waals surface area contributed by atoms with Gasteiger partial charge in [-0.3, -0.25) is 9.69 Å². The van der Waals surface area contributed by atoms with Crippen LogP contribution in [0, 0.1) is 5.82 Å². The van der Waals surface area contributed by atoms with E-state index in [-0.39, 0.29) is 11.1 Å². The van der Waals surface area contributed by atoms with E-state index in [0.29, 0.717) is 43.2 Å². The van der Waals surface area contributed by atoms with Crippen molar-refractivity contribution < 1.29 is 23.8 Å². The summed E-state index contributed by atoms with van der Waals surface area (Å²) in [6.45, 7) is 3.39. The Kier molecular flexibility index (Phi) is 6.19. The fourth-order valence-electron chi connectivity index (χ4n) is 3.30. The minimum Gasteiger partial charge on any atom is -0.490 e. The number of hydrogen-bond acceptors (Lipinski definition) is 4. The second kappa shape index (κ2) is 8.59. The summed E-state index contributed by atoms with van der Waals surface area (Å²) in [5.41, 5.74) is 0.376. The van der Waals surface area contributed by atoms with Crippen LogP contribution in [0.1, 0.15) is 24.9 Å². The Labute approximate surface area is 162 Å². The van der Waals surface area contributed by atoms with Crippen LogP contribution in [0.2, 0.25) is 5.02 Å². The van der Waals surface area contributed by atoms with Crippen molar-refractivity contribution in [2.24, 2.45) is 0 Å². The van der Waals surface area contributed by atoms with E-state index >= 15 is 0 Å². The molecule has 27 heavy (non-hydrogen) atoms. The lowest BCUT2D eigenvalue weighted by Gasteiger charge is -2.25. The van der Waals surface area contributed by atoms with Crippen LogP contribution in [0.5, 0.6) is 11.5 Å². The Balaban J connectivity index is 1.74. The van der Waals surface area contributed by atoms with E-state index in [1.54, 1.807) is 4.90 Å². The van der Waals surface area contributed by atoms with Gasteiger partial charge in [0.15, 0.2) is 11.5 Å². The molecular formula is C20H21ClFNO4. The van der Waals surface area contributed by atoms with E-state index in [2.05, 4.69) is 0 Å².